The average Bonchev–Trinajstić information content (AvgIpc) is 4.16. The number of hydrogen-bond donors (Lipinski definition) is 4. The van der Waals surface area contributed by atoms with Crippen LogP contribution in [0.2, 0.25) is 0 Å². The molecule has 2 saturated heterocycles. The predicted octanol–water partition coefficient (Wildman–Crippen LogP) is 5.41. The molecule has 64 heavy (non-hydrogen) atoms. The number of nitrogens with zero attached hydrogens (tertiary/aromatic N) is 4. The molecule has 4 N–H and O–H groups in total. The van der Waals surface area contributed by atoms with E-state index in [0.29, 0.717) is 86.4 Å². The van der Waals surface area contributed by atoms with Crippen molar-refractivity contribution in [2.45, 2.75) is 69.6 Å². The van der Waals surface area contributed by atoms with E-state index < -0.39 is 24.3 Å². The quantitative estimate of drug-likeness (QED) is 0.0771. The molecule has 2 aliphatic heterocycles. The zero-order chi connectivity index (χ0) is 45.6. The van der Waals surface area contributed by atoms with Crippen molar-refractivity contribution in [3.05, 3.63) is 60.4 Å². The molecule has 4 aromatic rings. The van der Waals surface area contributed by atoms with E-state index >= 15 is 0 Å². The van der Waals surface area contributed by atoms with E-state index in [4.69, 9.17) is 38.1 Å². The molecular weight excluding hydrogens is 829 g/mol. The van der Waals surface area contributed by atoms with Gasteiger partial charge in [-0.05, 0) is 55.4 Å². The Bertz CT molecular complexity index is 2180. The number of aromatic nitrogens is 4. The fourth-order valence-corrected chi connectivity index (χ4v) is 8.19. The van der Waals surface area contributed by atoms with E-state index in [-0.39, 0.29) is 43.7 Å². The van der Waals surface area contributed by atoms with E-state index in [0.717, 1.165) is 35.2 Å². The number of ether oxygens (including phenoxy) is 7. The van der Waals surface area contributed by atoms with Crippen molar-refractivity contribution in [1.82, 2.24) is 40.4 Å². The van der Waals surface area contributed by atoms with Crippen LogP contribution in [0.1, 0.15) is 69.2 Å². The summed E-state index contributed by atoms with van der Waals surface area (Å²) in [5.74, 6) is 1.81. The second kappa shape index (κ2) is 23.0. The smallest absolute Gasteiger partial charge is 0.407 e. The van der Waals surface area contributed by atoms with Crippen LogP contribution in [0.3, 0.4) is 0 Å². The van der Waals surface area contributed by atoms with Crippen LogP contribution in [0.4, 0.5) is 9.59 Å². The Kier molecular flexibility index (Phi) is 17.0. The van der Waals surface area contributed by atoms with E-state index in [2.05, 4.69) is 25.6 Å². The standard InChI is InChI=1S/C45H60N8O11/c1-7-10-32(50-44(56)61-5)42(54)52-19-8-12-37(52)41-47-26-34(49-41)31-18-17-30(38(63-23-21-58-2)39(31)64-24-22-59-3)28-13-15-29(16-14-28)33-25-46-40(48-33)36-11-9-20-53(36)43(55)35(27-60-4)51-45(57)62-6/h13-18,25-26,32,35-37H,7-12,19-24,27H2,1-6H3,(H,46,48)(H,47,49)(H,50,56)(H,51,57)/t32-,35-,36-,37-/m0/s1. The highest BCUT2D eigenvalue weighted by molar-refractivity contribution is 5.87. The fraction of sp³-hybridized carbons (Fsp3) is 0.511. The Morgan fingerprint density at radius 3 is 1.70 bits per heavy atom. The first-order valence-corrected chi connectivity index (χ1v) is 21.6. The highest BCUT2D eigenvalue weighted by Crippen LogP contribution is 2.46. The molecule has 0 aliphatic carbocycles. The van der Waals surface area contributed by atoms with Crippen LogP contribution >= 0.6 is 0 Å². The third kappa shape index (κ3) is 11.1. The zero-order valence-corrected chi connectivity index (χ0v) is 37.4. The third-order valence-corrected chi connectivity index (χ3v) is 11.3. The van der Waals surface area contributed by atoms with Gasteiger partial charge >= 0.3 is 12.2 Å². The Hall–Kier alpha value is -6.18. The van der Waals surface area contributed by atoms with Crippen molar-refractivity contribution in [3.63, 3.8) is 0 Å². The largest absolute Gasteiger partial charge is 0.487 e. The number of aromatic amines is 2. The number of carbonyl (C=O) groups excluding carboxylic acids is 4. The monoisotopic (exact) mass is 888 g/mol. The van der Waals surface area contributed by atoms with Gasteiger partial charge in [0.25, 0.3) is 0 Å². The van der Waals surface area contributed by atoms with Crippen molar-refractivity contribution in [2.24, 2.45) is 0 Å². The van der Waals surface area contributed by atoms with E-state index in [1.807, 2.05) is 43.3 Å². The molecule has 0 radical (unpaired) electrons. The lowest BCUT2D eigenvalue weighted by atomic mass is 9.98. The van der Waals surface area contributed by atoms with Gasteiger partial charge in [0, 0.05) is 45.5 Å². The summed E-state index contributed by atoms with van der Waals surface area (Å²) in [7, 11) is 7.21. The van der Waals surface area contributed by atoms with Gasteiger partial charge in [0.15, 0.2) is 11.5 Å². The van der Waals surface area contributed by atoms with Gasteiger partial charge < -0.3 is 63.6 Å². The van der Waals surface area contributed by atoms with Gasteiger partial charge in [0.2, 0.25) is 11.8 Å². The van der Waals surface area contributed by atoms with Crippen molar-refractivity contribution >= 4 is 24.0 Å². The second-order valence-electron chi connectivity index (χ2n) is 15.4. The number of hydrogen-bond acceptors (Lipinski definition) is 13. The van der Waals surface area contributed by atoms with Crippen molar-refractivity contribution in [2.75, 3.05) is 81.7 Å². The molecule has 0 spiro atoms. The van der Waals surface area contributed by atoms with Crippen molar-refractivity contribution in [3.8, 4) is 45.1 Å². The van der Waals surface area contributed by atoms with Gasteiger partial charge in [-0.15, -0.1) is 0 Å². The summed E-state index contributed by atoms with van der Waals surface area (Å²) in [5.41, 5.74) is 4.67. The minimum absolute atomic E-state index is 0.00176. The van der Waals surface area contributed by atoms with E-state index in [9.17, 15) is 19.2 Å². The minimum Gasteiger partial charge on any atom is -0.487 e. The van der Waals surface area contributed by atoms with E-state index in [1.165, 1.54) is 21.3 Å². The van der Waals surface area contributed by atoms with Crippen molar-refractivity contribution < 1.29 is 52.3 Å². The molecule has 4 atom stereocenters. The van der Waals surface area contributed by atoms with E-state index in [1.54, 1.807) is 36.4 Å². The normalized spacial score (nSPS) is 16.9. The Balaban J connectivity index is 1.27. The van der Waals surface area contributed by atoms with Gasteiger partial charge in [-0.1, -0.05) is 37.6 Å². The molecule has 2 aromatic heterocycles. The number of benzene rings is 2. The molecule has 0 unspecified atom stereocenters. The zero-order valence-electron chi connectivity index (χ0n) is 37.4. The van der Waals surface area contributed by atoms with Crippen LogP contribution in [0.15, 0.2) is 48.8 Å². The summed E-state index contributed by atoms with van der Waals surface area (Å²) < 4.78 is 38.3. The third-order valence-electron chi connectivity index (χ3n) is 11.3. The van der Waals surface area contributed by atoms with Gasteiger partial charge in [0.1, 0.15) is 36.9 Å². The Morgan fingerprint density at radius 1 is 0.656 bits per heavy atom. The molecule has 19 nitrogen and oxygen atoms in total. The number of nitrogens with one attached hydrogen (secondary N) is 4. The number of alkyl carbamates (subject to hydrolysis) is 2. The first-order valence-electron chi connectivity index (χ1n) is 21.6. The first kappa shape index (κ1) is 47.3. The molecule has 19 heteroatoms. The molecule has 0 bridgehead atoms. The SMILES string of the molecule is CCC[C@H](NC(=O)OC)C(=O)N1CCC[C@H]1c1ncc(-c2ccc(-c3ccc(-c4cnc([C@@H]5CCCN5C(=O)[C@H](COC)NC(=O)OC)[nH]4)cc3)c(OCCOC)c2OCCOC)[nH]1. The Morgan fingerprint density at radius 2 is 1.16 bits per heavy atom. The minimum atomic E-state index is -0.900. The predicted molar refractivity (Wildman–Crippen MR) is 235 cm³/mol. The second-order valence-corrected chi connectivity index (χ2v) is 15.4. The summed E-state index contributed by atoms with van der Waals surface area (Å²) in [6.45, 7) is 4.18. The maximum Gasteiger partial charge on any atom is 0.407 e. The van der Waals surface area contributed by atoms with Crippen LogP contribution in [0.25, 0.3) is 33.6 Å². The molecule has 0 saturated carbocycles. The van der Waals surface area contributed by atoms with Crippen LogP contribution in [-0.4, -0.2) is 147 Å². The molecule has 346 valence electrons. The highest BCUT2D eigenvalue weighted by Gasteiger charge is 2.38. The summed E-state index contributed by atoms with van der Waals surface area (Å²) in [6.07, 6.45) is 6.29. The fourth-order valence-electron chi connectivity index (χ4n) is 8.19. The molecule has 4 heterocycles. The topological polar surface area (TPSA) is 221 Å². The number of likely N-dealkylation sites (tertiary alicyclic amines) is 2. The number of carbonyl (C=O) groups is 4. The molecule has 4 amide bonds. The highest BCUT2D eigenvalue weighted by atomic mass is 16.6. The lowest BCUT2D eigenvalue weighted by Crippen LogP contribution is -2.50. The van der Waals surface area contributed by atoms with Crippen LogP contribution in [0, 0.1) is 0 Å². The number of H-pyrrole nitrogens is 2. The lowest BCUT2D eigenvalue weighted by Gasteiger charge is -2.28. The number of rotatable bonds is 21. The van der Waals surface area contributed by atoms with Crippen LogP contribution in [-0.2, 0) is 33.3 Å². The molecule has 2 aromatic carbocycles. The molecule has 2 aliphatic rings. The summed E-state index contributed by atoms with van der Waals surface area (Å²) >= 11 is 0. The summed E-state index contributed by atoms with van der Waals surface area (Å²) in [5, 5.41) is 5.27. The van der Waals surface area contributed by atoms with Gasteiger partial charge in [-0.25, -0.2) is 19.6 Å². The van der Waals surface area contributed by atoms with Crippen molar-refractivity contribution in [1.29, 1.82) is 0 Å². The maximum absolute atomic E-state index is 13.8. The first-order chi connectivity index (χ1) is 31.1. The lowest BCUT2D eigenvalue weighted by molar-refractivity contribution is -0.136. The van der Waals surface area contributed by atoms with Crippen LogP contribution < -0.4 is 20.1 Å². The van der Waals surface area contributed by atoms with Gasteiger partial charge in [-0.3, -0.25) is 9.59 Å². The Labute approximate surface area is 372 Å². The molecule has 6 rings (SSSR count). The van der Waals surface area contributed by atoms with Crippen LogP contribution in [0.5, 0.6) is 11.5 Å². The molecule has 2 fully saturated rings. The molecular formula is C45H60N8O11. The number of imidazole rings is 2. The van der Waals surface area contributed by atoms with Gasteiger partial charge in [0.05, 0.1) is 69.9 Å². The summed E-state index contributed by atoms with van der Waals surface area (Å²) in [6, 6.07) is 9.65. The number of methoxy groups -OCH3 is 5. The summed E-state index contributed by atoms with van der Waals surface area (Å²) in [4.78, 5) is 71.2. The maximum atomic E-state index is 13.8. The average molecular weight is 889 g/mol. The number of amides is 4. The van der Waals surface area contributed by atoms with Gasteiger partial charge in [-0.2, -0.15) is 0 Å².